The maximum atomic E-state index is 11.8. The van der Waals surface area contributed by atoms with E-state index in [9.17, 15) is 4.79 Å². The molecule has 0 unspecified atom stereocenters. The third kappa shape index (κ3) is 4.30. The molecule has 0 radical (unpaired) electrons. The molecule has 0 spiro atoms. The van der Waals surface area contributed by atoms with Gasteiger partial charge < -0.3 is 10.6 Å². The molecule has 2 aromatic carbocycles. The third-order valence-corrected chi connectivity index (χ3v) is 3.27. The zero-order valence-electron chi connectivity index (χ0n) is 10.3. The third-order valence-electron chi connectivity index (χ3n) is 2.48. The minimum atomic E-state index is -0.214. The lowest BCUT2D eigenvalue weighted by Gasteiger charge is -2.09. The molecule has 0 aliphatic heterocycles. The molecule has 20 heavy (non-hydrogen) atoms. The van der Waals surface area contributed by atoms with E-state index in [1.165, 1.54) is 0 Å². The highest BCUT2D eigenvalue weighted by atomic mass is 35.5. The zero-order chi connectivity index (χ0) is 14.5. The first-order chi connectivity index (χ1) is 9.54. The second kappa shape index (κ2) is 6.84. The smallest absolute Gasteiger partial charge is 0.243 e. The van der Waals surface area contributed by atoms with E-state index in [1.54, 1.807) is 36.4 Å². The lowest BCUT2D eigenvalue weighted by Crippen LogP contribution is -2.21. The largest absolute Gasteiger partial charge is 0.376 e. The van der Waals surface area contributed by atoms with Gasteiger partial charge >= 0.3 is 0 Å². The number of amides is 1. The second-order valence-corrected chi connectivity index (χ2v) is 5.32. The summed E-state index contributed by atoms with van der Waals surface area (Å²) >= 11 is 17.6. The molecule has 2 N–H and O–H groups in total. The van der Waals surface area contributed by atoms with Gasteiger partial charge in [-0.05, 0) is 36.4 Å². The van der Waals surface area contributed by atoms with Crippen molar-refractivity contribution in [3.8, 4) is 0 Å². The van der Waals surface area contributed by atoms with Gasteiger partial charge in [0.2, 0.25) is 5.91 Å². The van der Waals surface area contributed by atoms with Crippen LogP contribution in [0.2, 0.25) is 15.1 Å². The van der Waals surface area contributed by atoms with Crippen molar-refractivity contribution in [1.82, 2.24) is 0 Å². The normalized spacial score (nSPS) is 10.2. The first kappa shape index (κ1) is 15.0. The lowest BCUT2D eigenvalue weighted by molar-refractivity contribution is -0.114. The average Bonchev–Trinajstić information content (AvgIpc) is 2.40. The molecule has 104 valence electrons. The number of halogens is 3. The topological polar surface area (TPSA) is 41.1 Å². The fraction of sp³-hybridized carbons (Fsp3) is 0.0714. The highest BCUT2D eigenvalue weighted by Crippen LogP contribution is 2.25. The molecule has 0 fully saturated rings. The maximum absolute atomic E-state index is 11.8. The van der Waals surface area contributed by atoms with Gasteiger partial charge in [0.1, 0.15) is 0 Å². The van der Waals surface area contributed by atoms with Crippen molar-refractivity contribution in [3.63, 3.8) is 0 Å². The summed E-state index contributed by atoms with van der Waals surface area (Å²) in [4.78, 5) is 11.8. The van der Waals surface area contributed by atoms with Crippen LogP contribution in [0.3, 0.4) is 0 Å². The van der Waals surface area contributed by atoms with E-state index in [1.807, 2.05) is 6.07 Å². The average molecular weight is 330 g/mol. The predicted molar refractivity (Wildman–Crippen MR) is 85.0 cm³/mol. The van der Waals surface area contributed by atoms with Crippen LogP contribution >= 0.6 is 34.8 Å². The minimum Gasteiger partial charge on any atom is -0.376 e. The molecular formula is C14H11Cl3N2O. The second-order valence-electron chi connectivity index (χ2n) is 4.04. The van der Waals surface area contributed by atoms with E-state index in [2.05, 4.69) is 10.6 Å². The molecule has 6 heteroatoms. The number of benzene rings is 2. The number of hydrogen-bond acceptors (Lipinski definition) is 2. The van der Waals surface area contributed by atoms with Gasteiger partial charge in [0.25, 0.3) is 0 Å². The quantitative estimate of drug-likeness (QED) is 0.854. The molecule has 0 aliphatic rings. The van der Waals surface area contributed by atoms with E-state index in [0.29, 0.717) is 20.8 Å². The minimum absolute atomic E-state index is 0.110. The molecule has 2 aromatic rings. The fourth-order valence-corrected chi connectivity index (χ4v) is 2.21. The molecule has 0 atom stereocenters. The highest BCUT2D eigenvalue weighted by Gasteiger charge is 2.06. The standard InChI is InChI=1S/C14H11Cl3N2O/c15-9-2-1-3-11(6-9)18-8-14(20)19-13-5-4-10(16)7-12(13)17/h1-7,18H,8H2,(H,19,20). The van der Waals surface area contributed by atoms with Crippen molar-refractivity contribution < 1.29 is 4.79 Å². The van der Waals surface area contributed by atoms with Gasteiger partial charge in [0.15, 0.2) is 0 Å². The van der Waals surface area contributed by atoms with Crippen molar-refractivity contribution in [3.05, 3.63) is 57.5 Å². The molecule has 3 nitrogen and oxygen atoms in total. The summed E-state index contributed by atoms with van der Waals surface area (Å²) in [6.07, 6.45) is 0. The summed E-state index contributed by atoms with van der Waals surface area (Å²) in [6, 6.07) is 12.0. The van der Waals surface area contributed by atoms with Crippen molar-refractivity contribution in [2.24, 2.45) is 0 Å². The number of rotatable bonds is 4. The molecule has 0 aliphatic carbocycles. The Hall–Kier alpha value is -1.42. The SMILES string of the molecule is O=C(CNc1cccc(Cl)c1)Nc1ccc(Cl)cc1Cl. The van der Waals surface area contributed by atoms with Crippen molar-refractivity contribution in [2.75, 3.05) is 17.2 Å². The monoisotopic (exact) mass is 328 g/mol. The summed E-state index contributed by atoms with van der Waals surface area (Å²) in [5.74, 6) is -0.214. The number of anilines is 2. The van der Waals surface area contributed by atoms with Crippen LogP contribution in [0.5, 0.6) is 0 Å². The Labute approximate surface area is 131 Å². The Morgan fingerprint density at radius 2 is 1.75 bits per heavy atom. The van der Waals surface area contributed by atoms with E-state index >= 15 is 0 Å². The maximum Gasteiger partial charge on any atom is 0.243 e. The Morgan fingerprint density at radius 3 is 2.45 bits per heavy atom. The Morgan fingerprint density at radius 1 is 1.00 bits per heavy atom. The summed E-state index contributed by atoms with van der Waals surface area (Å²) in [5.41, 5.74) is 1.30. The molecule has 0 aromatic heterocycles. The number of hydrogen-bond donors (Lipinski definition) is 2. The van der Waals surface area contributed by atoms with Crippen LogP contribution in [0.4, 0.5) is 11.4 Å². The summed E-state index contributed by atoms with van der Waals surface area (Å²) in [6.45, 7) is 0.110. The van der Waals surface area contributed by atoms with Gasteiger partial charge in [-0.1, -0.05) is 40.9 Å². The van der Waals surface area contributed by atoms with Crippen LogP contribution in [0.15, 0.2) is 42.5 Å². The van der Waals surface area contributed by atoms with Gasteiger partial charge in [0.05, 0.1) is 17.3 Å². The summed E-state index contributed by atoms with van der Waals surface area (Å²) in [5, 5.41) is 7.19. The number of nitrogens with one attached hydrogen (secondary N) is 2. The summed E-state index contributed by atoms with van der Waals surface area (Å²) in [7, 11) is 0. The van der Waals surface area contributed by atoms with Gasteiger partial charge in [-0.25, -0.2) is 0 Å². The molecule has 0 heterocycles. The van der Waals surface area contributed by atoms with Gasteiger partial charge in [-0.2, -0.15) is 0 Å². The molecular weight excluding hydrogens is 319 g/mol. The molecule has 0 saturated heterocycles. The van der Waals surface area contributed by atoms with Crippen molar-refractivity contribution in [1.29, 1.82) is 0 Å². The van der Waals surface area contributed by atoms with E-state index in [-0.39, 0.29) is 12.5 Å². The summed E-state index contributed by atoms with van der Waals surface area (Å²) < 4.78 is 0. The van der Waals surface area contributed by atoms with E-state index in [0.717, 1.165) is 5.69 Å². The number of carbonyl (C=O) groups is 1. The Bertz CT molecular complexity index is 632. The Balaban J connectivity index is 1.92. The number of carbonyl (C=O) groups excluding carboxylic acids is 1. The fourth-order valence-electron chi connectivity index (χ4n) is 1.57. The molecule has 1 amide bonds. The first-order valence-corrected chi connectivity index (χ1v) is 6.92. The van der Waals surface area contributed by atoms with Crippen LogP contribution < -0.4 is 10.6 Å². The van der Waals surface area contributed by atoms with Crippen molar-refractivity contribution >= 4 is 52.1 Å². The van der Waals surface area contributed by atoms with Gasteiger partial charge in [0, 0.05) is 15.7 Å². The first-order valence-electron chi connectivity index (χ1n) is 5.79. The van der Waals surface area contributed by atoms with Crippen LogP contribution in [0.25, 0.3) is 0 Å². The van der Waals surface area contributed by atoms with E-state index in [4.69, 9.17) is 34.8 Å². The molecule has 0 saturated carbocycles. The zero-order valence-corrected chi connectivity index (χ0v) is 12.6. The molecule has 2 rings (SSSR count). The van der Waals surface area contributed by atoms with Crippen molar-refractivity contribution in [2.45, 2.75) is 0 Å². The predicted octanol–water partition coefficient (Wildman–Crippen LogP) is 4.70. The van der Waals surface area contributed by atoms with E-state index < -0.39 is 0 Å². The van der Waals surface area contributed by atoms with Crippen LogP contribution in [-0.4, -0.2) is 12.5 Å². The van der Waals surface area contributed by atoms with Crippen LogP contribution in [-0.2, 0) is 4.79 Å². The van der Waals surface area contributed by atoms with Gasteiger partial charge in [-0.3, -0.25) is 4.79 Å². The van der Waals surface area contributed by atoms with Gasteiger partial charge in [-0.15, -0.1) is 0 Å². The van der Waals surface area contributed by atoms with Crippen LogP contribution in [0.1, 0.15) is 0 Å². The van der Waals surface area contributed by atoms with Crippen LogP contribution in [0, 0.1) is 0 Å². The lowest BCUT2D eigenvalue weighted by atomic mass is 10.3. The Kier molecular flexibility index (Phi) is 5.12. The molecule has 0 bridgehead atoms. The highest BCUT2D eigenvalue weighted by molar-refractivity contribution is 6.36.